The van der Waals surface area contributed by atoms with Crippen LogP contribution in [0.4, 0.5) is 28.8 Å². The Balaban J connectivity index is 1.66. The lowest BCUT2D eigenvalue weighted by Gasteiger charge is -2.23. The van der Waals surface area contributed by atoms with Crippen LogP contribution in [-0.2, 0) is 9.59 Å². The van der Waals surface area contributed by atoms with Crippen molar-refractivity contribution in [2.24, 2.45) is 0 Å². The number of amides is 2. The van der Waals surface area contributed by atoms with Crippen LogP contribution in [0.2, 0.25) is 5.02 Å². The van der Waals surface area contributed by atoms with Gasteiger partial charge in [-0.2, -0.15) is 4.98 Å². The average Bonchev–Trinajstić information content (AvgIpc) is 2.73. The number of aromatic nitrogens is 2. The summed E-state index contributed by atoms with van der Waals surface area (Å²) in [6.07, 6.45) is -0.314. The fraction of sp³-hybridized carbons (Fsp3) is 0.100. The number of nitro groups is 1. The zero-order chi connectivity index (χ0) is 22.8. The first-order chi connectivity index (χ1) is 15.3. The molecule has 3 aromatic rings. The van der Waals surface area contributed by atoms with Gasteiger partial charge in [-0.3, -0.25) is 29.5 Å². The molecule has 4 N–H and O–H groups in total. The van der Waals surface area contributed by atoms with E-state index in [0.29, 0.717) is 10.7 Å². The first kappa shape index (κ1) is 21.0. The SMILES string of the molecule is O=C1C[C@H](C(=O)Nc2ccccc2[N+](=O)[O-])c2c(nc(Nc3cccc(Cl)c3)[nH]c2=O)N1. The van der Waals surface area contributed by atoms with E-state index in [9.17, 15) is 24.5 Å². The van der Waals surface area contributed by atoms with Gasteiger partial charge in [0.15, 0.2) is 0 Å². The molecule has 0 saturated heterocycles. The topological polar surface area (TPSA) is 159 Å². The van der Waals surface area contributed by atoms with E-state index in [0.717, 1.165) is 0 Å². The first-order valence-electron chi connectivity index (χ1n) is 9.33. The van der Waals surface area contributed by atoms with E-state index in [1.165, 1.54) is 24.3 Å². The molecule has 2 amide bonds. The highest BCUT2D eigenvalue weighted by atomic mass is 35.5. The summed E-state index contributed by atoms with van der Waals surface area (Å²) in [5, 5.41) is 19.5. The highest BCUT2D eigenvalue weighted by molar-refractivity contribution is 6.30. The predicted molar refractivity (Wildman–Crippen MR) is 117 cm³/mol. The van der Waals surface area contributed by atoms with Gasteiger partial charge in [0.1, 0.15) is 11.5 Å². The van der Waals surface area contributed by atoms with Gasteiger partial charge in [-0.15, -0.1) is 0 Å². The third kappa shape index (κ3) is 4.27. The fourth-order valence-electron chi connectivity index (χ4n) is 3.32. The zero-order valence-electron chi connectivity index (χ0n) is 16.2. The van der Waals surface area contributed by atoms with Crippen LogP contribution in [0, 0.1) is 10.1 Å². The van der Waals surface area contributed by atoms with Crippen molar-refractivity contribution in [3.05, 3.63) is 79.6 Å². The van der Waals surface area contributed by atoms with Crippen LogP contribution in [0.3, 0.4) is 0 Å². The Hall–Kier alpha value is -4.25. The van der Waals surface area contributed by atoms with Crippen molar-refractivity contribution in [1.29, 1.82) is 0 Å². The standard InChI is InChI=1S/C20H15ClN6O5/c21-10-4-3-5-11(8-10)22-20-25-17-16(19(30)26-20)12(9-15(28)24-17)18(29)23-13-6-1-2-7-14(13)27(31)32/h1-8,12H,9H2,(H,23,29)(H3,22,24,25,26,28,30)/t12-/m0/s1. The quantitative estimate of drug-likeness (QED) is 0.340. The fourth-order valence-corrected chi connectivity index (χ4v) is 3.51. The van der Waals surface area contributed by atoms with E-state index in [1.807, 2.05) is 0 Å². The molecule has 1 aromatic heterocycles. The number of nitro benzene ring substituents is 1. The van der Waals surface area contributed by atoms with Gasteiger partial charge in [-0.25, -0.2) is 0 Å². The largest absolute Gasteiger partial charge is 0.326 e. The van der Waals surface area contributed by atoms with Crippen LogP contribution >= 0.6 is 11.6 Å². The maximum absolute atomic E-state index is 12.9. The van der Waals surface area contributed by atoms with E-state index < -0.39 is 28.2 Å². The number of benzene rings is 2. The summed E-state index contributed by atoms with van der Waals surface area (Å²) in [7, 11) is 0. The highest BCUT2D eigenvalue weighted by Gasteiger charge is 2.35. The predicted octanol–water partition coefficient (Wildman–Crippen LogP) is 3.14. The number of rotatable bonds is 5. The van der Waals surface area contributed by atoms with Gasteiger partial charge in [-0.1, -0.05) is 29.8 Å². The Bertz CT molecular complexity index is 1310. The number of nitrogens with one attached hydrogen (secondary N) is 4. The molecule has 1 atom stereocenters. The molecule has 4 rings (SSSR count). The molecule has 2 heterocycles. The second-order valence-electron chi connectivity index (χ2n) is 6.88. The van der Waals surface area contributed by atoms with Crippen LogP contribution < -0.4 is 21.5 Å². The Labute approximate surface area is 185 Å². The van der Waals surface area contributed by atoms with Crippen molar-refractivity contribution in [3.63, 3.8) is 0 Å². The molecule has 0 bridgehead atoms. The summed E-state index contributed by atoms with van der Waals surface area (Å²) in [6, 6.07) is 12.3. The number of hydrogen-bond donors (Lipinski definition) is 4. The molecule has 0 saturated carbocycles. The van der Waals surface area contributed by atoms with E-state index in [4.69, 9.17) is 11.6 Å². The van der Waals surface area contributed by atoms with Crippen molar-refractivity contribution in [3.8, 4) is 0 Å². The number of carbonyl (C=O) groups excluding carboxylic acids is 2. The first-order valence-corrected chi connectivity index (χ1v) is 9.70. The van der Waals surface area contributed by atoms with Crippen LogP contribution in [0.25, 0.3) is 0 Å². The van der Waals surface area contributed by atoms with Gasteiger partial charge in [-0.05, 0) is 24.3 Å². The maximum atomic E-state index is 12.9. The molecule has 32 heavy (non-hydrogen) atoms. The van der Waals surface area contributed by atoms with Crippen LogP contribution in [0.5, 0.6) is 0 Å². The summed E-state index contributed by atoms with van der Waals surface area (Å²) in [5.74, 6) is -2.48. The number of H-pyrrole nitrogens is 1. The average molecular weight is 455 g/mol. The van der Waals surface area contributed by atoms with Gasteiger partial charge < -0.3 is 16.0 Å². The second kappa shape index (κ2) is 8.47. The molecule has 0 spiro atoms. The van der Waals surface area contributed by atoms with Crippen LogP contribution in [0.15, 0.2) is 53.3 Å². The number of fused-ring (bicyclic) bond motifs is 1. The monoisotopic (exact) mass is 454 g/mol. The van der Waals surface area contributed by atoms with Crippen molar-refractivity contribution in [2.45, 2.75) is 12.3 Å². The number of halogens is 1. The van der Waals surface area contributed by atoms with Gasteiger partial charge in [0, 0.05) is 23.2 Å². The summed E-state index contributed by atoms with van der Waals surface area (Å²) in [4.78, 5) is 55.2. The van der Waals surface area contributed by atoms with Crippen LogP contribution in [-0.4, -0.2) is 26.7 Å². The lowest BCUT2D eigenvalue weighted by molar-refractivity contribution is -0.383. The molecule has 0 aliphatic carbocycles. The van der Waals surface area contributed by atoms with Crippen molar-refractivity contribution < 1.29 is 14.5 Å². The minimum absolute atomic E-state index is 0.0380. The summed E-state index contributed by atoms with van der Waals surface area (Å²) in [5.41, 5.74) is -0.485. The van der Waals surface area contributed by atoms with Crippen molar-refractivity contribution in [2.75, 3.05) is 16.0 Å². The molecule has 11 nitrogen and oxygen atoms in total. The molecular weight excluding hydrogens is 440 g/mol. The molecular formula is C20H15ClN6O5. The summed E-state index contributed by atoms with van der Waals surface area (Å²) >= 11 is 5.95. The summed E-state index contributed by atoms with van der Waals surface area (Å²) in [6.45, 7) is 0. The Morgan fingerprint density at radius 3 is 2.72 bits per heavy atom. The van der Waals surface area contributed by atoms with Gasteiger partial charge in [0.25, 0.3) is 11.2 Å². The number of anilines is 4. The van der Waals surface area contributed by atoms with E-state index in [2.05, 4.69) is 25.9 Å². The lowest BCUT2D eigenvalue weighted by Crippen LogP contribution is -2.36. The Morgan fingerprint density at radius 1 is 1.19 bits per heavy atom. The molecule has 1 aliphatic rings. The molecule has 0 fully saturated rings. The van der Waals surface area contributed by atoms with Crippen molar-refractivity contribution >= 4 is 52.2 Å². The summed E-state index contributed by atoms with van der Waals surface area (Å²) < 4.78 is 0. The van der Waals surface area contributed by atoms with Crippen LogP contribution in [0.1, 0.15) is 17.9 Å². The number of hydrogen-bond acceptors (Lipinski definition) is 7. The molecule has 162 valence electrons. The number of nitrogens with zero attached hydrogens (tertiary/aromatic N) is 2. The third-order valence-corrected chi connectivity index (χ3v) is 4.95. The van der Waals surface area contributed by atoms with E-state index >= 15 is 0 Å². The number of carbonyl (C=O) groups is 2. The molecule has 2 aromatic carbocycles. The minimum Gasteiger partial charge on any atom is -0.326 e. The molecule has 12 heteroatoms. The normalized spacial score (nSPS) is 14.8. The minimum atomic E-state index is -1.19. The van der Waals surface area contributed by atoms with E-state index in [-0.39, 0.29) is 35.1 Å². The third-order valence-electron chi connectivity index (χ3n) is 4.71. The Kier molecular flexibility index (Phi) is 5.56. The second-order valence-corrected chi connectivity index (χ2v) is 7.32. The molecule has 0 unspecified atom stereocenters. The van der Waals surface area contributed by atoms with Gasteiger partial charge in [0.2, 0.25) is 17.8 Å². The smallest absolute Gasteiger partial charge is 0.292 e. The van der Waals surface area contributed by atoms with Gasteiger partial charge in [0.05, 0.1) is 16.4 Å². The molecule has 1 aliphatic heterocycles. The number of para-hydroxylation sites is 2. The Morgan fingerprint density at radius 2 is 1.97 bits per heavy atom. The maximum Gasteiger partial charge on any atom is 0.292 e. The molecule has 0 radical (unpaired) electrons. The van der Waals surface area contributed by atoms with E-state index in [1.54, 1.807) is 24.3 Å². The lowest BCUT2D eigenvalue weighted by atomic mass is 9.92. The zero-order valence-corrected chi connectivity index (χ0v) is 17.0. The number of aromatic amines is 1. The van der Waals surface area contributed by atoms with Crippen molar-refractivity contribution in [1.82, 2.24) is 9.97 Å². The van der Waals surface area contributed by atoms with Gasteiger partial charge >= 0.3 is 0 Å². The highest BCUT2D eigenvalue weighted by Crippen LogP contribution is 2.32.